The van der Waals surface area contributed by atoms with Gasteiger partial charge in [0.05, 0.1) is 14.2 Å². The minimum Gasteiger partial charge on any atom is -0.130 e. The van der Waals surface area contributed by atoms with Crippen LogP contribution in [0.1, 0.15) is 15.8 Å². The zero-order valence-corrected chi connectivity index (χ0v) is 13.6. The first-order chi connectivity index (χ1) is 8.00. The summed E-state index contributed by atoms with van der Waals surface area (Å²) < 4.78 is 0.850. The number of hydrogen-bond donors (Lipinski definition) is 0. The number of alkyl halides is 1. The molecule has 90 valence electrons. The Morgan fingerprint density at radius 3 is 2.12 bits per heavy atom. The molecule has 1 aromatic carbocycles. The van der Waals surface area contributed by atoms with Gasteiger partial charge in [-0.1, -0.05) is 40.9 Å². The lowest BCUT2D eigenvalue weighted by molar-refractivity contribution is 1.18. The zero-order valence-electron chi connectivity index (χ0n) is 8.18. The van der Waals surface area contributed by atoms with Crippen LogP contribution in [0.25, 0.3) is 0 Å². The van der Waals surface area contributed by atoms with E-state index >= 15 is 0 Å². The maximum absolute atomic E-state index is 6.39. The third-order valence-electron chi connectivity index (χ3n) is 2.17. The predicted molar refractivity (Wildman–Crippen MR) is 81.2 cm³/mol. The van der Waals surface area contributed by atoms with Gasteiger partial charge in [0.2, 0.25) is 0 Å². The fourth-order valence-corrected chi connectivity index (χ4v) is 4.28. The van der Waals surface area contributed by atoms with Gasteiger partial charge in [0.15, 0.2) is 0 Å². The first-order valence-corrected chi connectivity index (χ1v) is 7.71. The maximum atomic E-state index is 6.39. The minimum absolute atomic E-state index is 0.398. The Morgan fingerprint density at radius 2 is 1.65 bits per heavy atom. The molecule has 0 bridgehead atoms. The molecule has 2 rings (SSSR count). The molecule has 0 saturated carbocycles. The van der Waals surface area contributed by atoms with E-state index in [-0.39, 0.29) is 0 Å². The Kier molecular flexibility index (Phi) is 4.67. The number of benzene rings is 1. The summed E-state index contributed by atoms with van der Waals surface area (Å²) in [7, 11) is 0. The molecule has 0 nitrogen and oxygen atoms in total. The Hall–Kier alpha value is 0.560. The van der Waals surface area contributed by atoms with Gasteiger partial charge < -0.3 is 0 Å². The molecule has 17 heavy (non-hydrogen) atoms. The van der Waals surface area contributed by atoms with Gasteiger partial charge in [-0.05, 0) is 34.1 Å². The van der Waals surface area contributed by atoms with Gasteiger partial charge in [0.25, 0.3) is 0 Å². The van der Waals surface area contributed by atoms with Crippen molar-refractivity contribution < 1.29 is 0 Å². The second-order valence-electron chi connectivity index (χ2n) is 3.27. The predicted octanol–water partition coefficient (Wildman–Crippen LogP) is 6.80. The van der Waals surface area contributed by atoms with Gasteiger partial charge in [-0.3, -0.25) is 0 Å². The van der Waals surface area contributed by atoms with Crippen molar-refractivity contribution in [1.29, 1.82) is 0 Å². The van der Waals surface area contributed by atoms with E-state index in [1.807, 2.05) is 6.07 Å². The van der Waals surface area contributed by atoms with Crippen LogP contribution in [0.2, 0.25) is 15.1 Å². The first-order valence-electron chi connectivity index (χ1n) is 4.53. The zero-order chi connectivity index (χ0) is 12.6. The lowest BCUT2D eigenvalue weighted by Crippen LogP contribution is -1.92. The highest BCUT2D eigenvalue weighted by Crippen LogP contribution is 2.44. The molecular formula is C11H5BrCl4S. The van der Waals surface area contributed by atoms with Crippen LogP contribution in [0.4, 0.5) is 0 Å². The van der Waals surface area contributed by atoms with Gasteiger partial charge in [0.1, 0.15) is 0 Å². The third kappa shape index (κ3) is 2.94. The van der Waals surface area contributed by atoms with Crippen LogP contribution in [0.3, 0.4) is 0 Å². The molecule has 1 heterocycles. The van der Waals surface area contributed by atoms with Crippen molar-refractivity contribution in [1.82, 2.24) is 0 Å². The normalized spacial score (nSPS) is 12.8. The molecule has 0 spiro atoms. The quantitative estimate of drug-likeness (QED) is 0.494. The summed E-state index contributed by atoms with van der Waals surface area (Å²) in [6, 6.07) is 7.13. The highest BCUT2D eigenvalue weighted by molar-refractivity contribution is 9.11. The molecule has 0 aliphatic rings. The number of halogens is 5. The molecule has 0 aliphatic heterocycles. The highest BCUT2D eigenvalue weighted by Gasteiger charge is 2.20. The SMILES string of the molecule is Clc1cc(C(Cl)c2c(Cl)cccc2Cl)sc1Br. The van der Waals surface area contributed by atoms with Crippen LogP contribution >= 0.6 is 73.7 Å². The summed E-state index contributed by atoms with van der Waals surface area (Å²) in [6.45, 7) is 0. The van der Waals surface area contributed by atoms with Crippen LogP contribution in [0, 0.1) is 0 Å². The monoisotopic (exact) mass is 388 g/mol. The van der Waals surface area contributed by atoms with Crippen molar-refractivity contribution in [2.24, 2.45) is 0 Å². The van der Waals surface area contributed by atoms with Crippen LogP contribution in [0.15, 0.2) is 28.1 Å². The fraction of sp³-hybridized carbons (Fsp3) is 0.0909. The van der Waals surface area contributed by atoms with Gasteiger partial charge in [-0.2, -0.15) is 0 Å². The molecule has 0 N–H and O–H groups in total. The summed E-state index contributed by atoms with van der Waals surface area (Å²) in [6.07, 6.45) is 0. The number of rotatable bonds is 2. The Balaban J connectivity index is 2.47. The van der Waals surface area contributed by atoms with E-state index in [2.05, 4.69) is 15.9 Å². The smallest absolute Gasteiger partial charge is 0.0957 e. The minimum atomic E-state index is -0.398. The van der Waals surface area contributed by atoms with Crippen molar-refractivity contribution in [2.45, 2.75) is 5.38 Å². The van der Waals surface area contributed by atoms with Crippen molar-refractivity contribution in [2.75, 3.05) is 0 Å². The Morgan fingerprint density at radius 1 is 1.06 bits per heavy atom. The van der Waals surface area contributed by atoms with Crippen molar-refractivity contribution in [3.05, 3.63) is 53.6 Å². The third-order valence-corrected chi connectivity index (χ3v) is 5.95. The van der Waals surface area contributed by atoms with Crippen LogP contribution < -0.4 is 0 Å². The summed E-state index contributed by atoms with van der Waals surface area (Å²) in [5, 5.41) is 1.35. The van der Waals surface area contributed by atoms with E-state index in [4.69, 9.17) is 46.4 Å². The average molecular weight is 391 g/mol. The Bertz CT molecular complexity index is 513. The molecule has 1 unspecified atom stereocenters. The van der Waals surface area contributed by atoms with Gasteiger partial charge in [-0.15, -0.1) is 22.9 Å². The number of thiophene rings is 1. The van der Waals surface area contributed by atoms with E-state index in [1.54, 1.807) is 18.2 Å². The molecular weight excluding hydrogens is 386 g/mol. The summed E-state index contributed by atoms with van der Waals surface area (Å²) in [5.41, 5.74) is 0.711. The van der Waals surface area contributed by atoms with Crippen molar-refractivity contribution >= 4 is 73.7 Å². The molecule has 0 radical (unpaired) electrons. The van der Waals surface area contributed by atoms with Crippen molar-refractivity contribution in [3.63, 3.8) is 0 Å². The largest absolute Gasteiger partial charge is 0.130 e. The summed E-state index contributed by atoms with van der Waals surface area (Å²) in [5.74, 6) is 0. The first kappa shape index (κ1) is 14.0. The van der Waals surface area contributed by atoms with Gasteiger partial charge in [0, 0.05) is 20.5 Å². The van der Waals surface area contributed by atoms with Crippen LogP contribution in [0.5, 0.6) is 0 Å². The lowest BCUT2D eigenvalue weighted by atomic mass is 10.1. The Labute approximate surface area is 132 Å². The molecule has 0 amide bonds. The standard InChI is InChI=1S/C11H5BrCl4S/c12-11-7(15)4-8(17-11)10(16)9-5(13)2-1-3-6(9)14/h1-4,10H. The molecule has 1 aromatic heterocycles. The van der Waals surface area contributed by atoms with Crippen LogP contribution in [-0.2, 0) is 0 Å². The molecule has 0 saturated heterocycles. The van der Waals surface area contributed by atoms with E-state index in [0.29, 0.717) is 20.6 Å². The van der Waals surface area contributed by atoms with Gasteiger partial charge >= 0.3 is 0 Å². The molecule has 0 aliphatic carbocycles. The maximum Gasteiger partial charge on any atom is 0.0957 e. The molecule has 2 aromatic rings. The van der Waals surface area contributed by atoms with Gasteiger partial charge in [-0.25, -0.2) is 0 Å². The van der Waals surface area contributed by atoms with Crippen LogP contribution in [-0.4, -0.2) is 0 Å². The second kappa shape index (κ2) is 5.68. The topological polar surface area (TPSA) is 0 Å². The van der Waals surface area contributed by atoms with E-state index < -0.39 is 5.38 Å². The average Bonchev–Trinajstić information content (AvgIpc) is 2.59. The second-order valence-corrected chi connectivity index (χ2v) is 7.33. The van der Waals surface area contributed by atoms with E-state index in [1.165, 1.54) is 11.3 Å². The molecule has 0 fully saturated rings. The fourth-order valence-electron chi connectivity index (χ4n) is 1.38. The summed E-state index contributed by atoms with van der Waals surface area (Å²) in [4.78, 5) is 0.901. The summed E-state index contributed by atoms with van der Waals surface area (Å²) >= 11 is 29.4. The number of hydrogen-bond acceptors (Lipinski definition) is 1. The highest BCUT2D eigenvalue weighted by atomic mass is 79.9. The lowest BCUT2D eigenvalue weighted by Gasteiger charge is -2.11. The van der Waals surface area contributed by atoms with E-state index in [0.717, 1.165) is 8.66 Å². The van der Waals surface area contributed by atoms with E-state index in [9.17, 15) is 0 Å². The van der Waals surface area contributed by atoms with Crippen molar-refractivity contribution in [3.8, 4) is 0 Å². The molecule has 6 heteroatoms. The molecule has 1 atom stereocenters.